The van der Waals surface area contributed by atoms with E-state index in [9.17, 15) is 4.79 Å². The number of nitrogens with one attached hydrogen (secondary N) is 1. The summed E-state index contributed by atoms with van der Waals surface area (Å²) in [7, 11) is 0. The van der Waals surface area contributed by atoms with Crippen molar-refractivity contribution in [2.24, 2.45) is 0 Å². The minimum absolute atomic E-state index is 0.0452. The number of rotatable bonds is 4. The minimum Gasteiger partial charge on any atom is -0.493 e. The van der Waals surface area contributed by atoms with Crippen LogP contribution in [0.5, 0.6) is 5.75 Å². The Morgan fingerprint density at radius 3 is 2.95 bits per heavy atom. The van der Waals surface area contributed by atoms with Crippen LogP contribution in [0.1, 0.15) is 43.0 Å². The molecule has 3 rings (SSSR count). The van der Waals surface area contributed by atoms with E-state index in [4.69, 9.17) is 9.15 Å². The number of carbonyl (C=O) groups is 1. The molecule has 1 N–H and O–H groups in total. The number of hydrogen-bond donors (Lipinski definition) is 1. The van der Waals surface area contributed by atoms with Crippen LogP contribution >= 0.6 is 0 Å². The molecule has 4 heteroatoms. The van der Waals surface area contributed by atoms with Crippen LogP contribution < -0.4 is 10.1 Å². The molecule has 1 fully saturated rings. The van der Waals surface area contributed by atoms with E-state index in [0.29, 0.717) is 29.5 Å². The second-order valence-corrected chi connectivity index (χ2v) is 5.19. The van der Waals surface area contributed by atoms with Crippen molar-refractivity contribution in [2.75, 3.05) is 6.61 Å². The highest BCUT2D eigenvalue weighted by molar-refractivity contribution is 5.99. The number of ether oxygens (including phenoxy) is 1. The lowest BCUT2D eigenvalue weighted by Gasteiger charge is -2.13. The van der Waals surface area contributed by atoms with Crippen LogP contribution in [0.15, 0.2) is 28.9 Å². The Bertz CT molecular complexity index is 611. The Kier molecular flexibility index (Phi) is 3.63. The molecule has 2 aromatic rings. The molecule has 0 radical (unpaired) electrons. The van der Waals surface area contributed by atoms with Gasteiger partial charge in [-0.25, -0.2) is 0 Å². The molecular formula is C16H19NO3. The van der Waals surface area contributed by atoms with Gasteiger partial charge in [0.2, 0.25) is 0 Å². The molecule has 0 unspecified atom stereocenters. The number of carbonyl (C=O) groups excluding carboxylic acids is 1. The van der Waals surface area contributed by atoms with Crippen molar-refractivity contribution in [1.82, 2.24) is 5.32 Å². The molecule has 1 saturated carbocycles. The largest absolute Gasteiger partial charge is 0.493 e. The first kappa shape index (κ1) is 13.0. The Labute approximate surface area is 118 Å². The first-order valence-corrected chi connectivity index (χ1v) is 7.23. The van der Waals surface area contributed by atoms with Crippen LogP contribution in [-0.4, -0.2) is 18.6 Å². The summed E-state index contributed by atoms with van der Waals surface area (Å²) >= 11 is 0. The van der Waals surface area contributed by atoms with Gasteiger partial charge in [-0.3, -0.25) is 4.79 Å². The normalized spacial score (nSPS) is 15.7. The Morgan fingerprint density at radius 2 is 2.20 bits per heavy atom. The molecule has 4 nitrogen and oxygen atoms in total. The van der Waals surface area contributed by atoms with E-state index < -0.39 is 0 Å². The van der Waals surface area contributed by atoms with Crippen molar-refractivity contribution >= 4 is 16.9 Å². The van der Waals surface area contributed by atoms with Crippen molar-refractivity contribution in [2.45, 2.75) is 38.6 Å². The zero-order valence-electron chi connectivity index (χ0n) is 11.6. The maximum atomic E-state index is 12.3. The average Bonchev–Trinajstić information content (AvgIpc) is 3.09. The van der Waals surface area contributed by atoms with E-state index in [1.54, 1.807) is 18.4 Å². The van der Waals surface area contributed by atoms with Crippen molar-refractivity contribution in [3.05, 3.63) is 30.0 Å². The van der Waals surface area contributed by atoms with Crippen molar-refractivity contribution < 1.29 is 13.9 Å². The maximum Gasteiger partial charge on any atom is 0.251 e. The summed E-state index contributed by atoms with van der Waals surface area (Å²) in [5.41, 5.74) is 1.29. The third kappa shape index (κ3) is 2.50. The molecule has 1 amide bonds. The number of hydrogen-bond acceptors (Lipinski definition) is 3. The molecule has 0 bridgehead atoms. The molecule has 0 aliphatic heterocycles. The van der Waals surface area contributed by atoms with E-state index in [1.165, 1.54) is 12.8 Å². The predicted molar refractivity (Wildman–Crippen MR) is 77.1 cm³/mol. The highest BCUT2D eigenvalue weighted by Crippen LogP contribution is 2.29. The van der Waals surface area contributed by atoms with Crippen molar-refractivity contribution in [3.8, 4) is 5.75 Å². The van der Waals surface area contributed by atoms with Gasteiger partial charge in [-0.15, -0.1) is 0 Å². The van der Waals surface area contributed by atoms with Gasteiger partial charge in [-0.05, 0) is 38.0 Å². The van der Waals surface area contributed by atoms with Crippen molar-refractivity contribution in [3.63, 3.8) is 0 Å². The Morgan fingerprint density at radius 1 is 1.40 bits per heavy atom. The average molecular weight is 273 g/mol. The molecule has 1 aliphatic rings. The predicted octanol–water partition coefficient (Wildman–Crippen LogP) is 3.50. The molecule has 1 aliphatic carbocycles. The fourth-order valence-corrected chi connectivity index (χ4v) is 2.78. The molecule has 1 aromatic heterocycles. The van der Waals surface area contributed by atoms with Gasteiger partial charge in [-0.1, -0.05) is 12.8 Å². The summed E-state index contributed by atoms with van der Waals surface area (Å²) in [4.78, 5) is 12.3. The third-order valence-electron chi connectivity index (χ3n) is 3.79. The van der Waals surface area contributed by atoms with Gasteiger partial charge in [-0.2, -0.15) is 0 Å². The highest BCUT2D eigenvalue weighted by atomic mass is 16.5. The molecular weight excluding hydrogens is 254 g/mol. The second-order valence-electron chi connectivity index (χ2n) is 5.19. The Balaban J connectivity index is 1.87. The lowest BCUT2D eigenvalue weighted by Crippen LogP contribution is -2.32. The summed E-state index contributed by atoms with van der Waals surface area (Å²) in [5.74, 6) is 0.659. The smallest absolute Gasteiger partial charge is 0.251 e. The van der Waals surface area contributed by atoms with Crippen LogP contribution in [-0.2, 0) is 0 Å². The van der Waals surface area contributed by atoms with Crippen LogP contribution in [0.25, 0.3) is 11.0 Å². The topological polar surface area (TPSA) is 51.5 Å². The van der Waals surface area contributed by atoms with Gasteiger partial charge in [0.25, 0.3) is 5.91 Å². The summed E-state index contributed by atoms with van der Waals surface area (Å²) < 4.78 is 11.0. The van der Waals surface area contributed by atoms with Crippen LogP contribution in [0.2, 0.25) is 0 Å². The van der Waals surface area contributed by atoms with E-state index in [-0.39, 0.29) is 5.91 Å². The third-order valence-corrected chi connectivity index (χ3v) is 3.79. The van der Waals surface area contributed by atoms with Crippen LogP contribution in [0, 0.1) is 0 Å². The zero-order valence-corrected chi connectivity index (χ0v) is 11.6. The SMILES string of the molecule is CCOc1cc(C(=O)NC2CCCC2)cc2occc12. The monoisotopic (exact) mass is 273 g/mol. The summed E-state index contributed by atoms with van der Waals surface area (Å²) in [5, 5.41) is 3.99. The fraction of sp³-hybridized carbons (Fsp3) is 0.438. The van der Waals surface area contributed by atoms with E-state index in [2.05, 4.69) is 5.32 Å². The van der Waals surface area contributed by atoms with Gasteiger partial charge in [0.1, 0.15) is 11.3 Å². The molecule has 0 saturated heterocycles. The van der Waals surface area contributed by atoms with Gasteiger partial charge >= 0.3 is 0 Å². The number of benzene rings is 1. The van der Waals surface area contributed by atoms with Crippen molar-refractivity contribution in [1.29, 1.82) is 0 Å². The highest BCUT2D eigenvalue weighted by Gasteiger charge is 2.19. The van der Waals surface area contributed by atoms with E-state index >= 15 is 0 Å². The molecule has 1 aromatic carbocycles. The van der Waals surface area contributed by atoms with Gasteiger partial charge < -0.3 is 14.5 Å². The molecule has 1 heterocycles. The summed E-state index contributed by atoms with van der Waals surface area (Å²) in [6.07, 6.45) is 6.17. The summed E-state index contributed by atoms with van der Waals surface area (Å²) in [6.45, 7) is 2.49. The first-order chi connectivity index (χ1) is 9.78. The maximum absolute atomic E-state index is 12.3. The quantitative estimate of drug-likeness (QED) is 0.927. The molecule has 106 valence electrons. The molecule has 20 heavy (non-hydrogen) atoms. The standard InChI is InChI=1S/C16H19NO3/c1-2-19-14-9-11(10-15-13(14)7-8-20-15)16(18)17-12-5-3-4-6-12/h7-10,12H,2-6H2,1H3,(H,17,18). The number of fused-ring (bicyclic) bond motifs is 1. The first-order valence-electron chi connectivity index (χ1n) is 7.23. The van der Waals surface area contributed by atoms with Crippen LogP contribution in [0.4, 0.5) is 0 Å². The van der Waals surface area contributed by atoms with Gasteiger partial charge in [0.15, 0.2) is 0 Å². The number of furan rings is 1. The lowest BCUT2D eigenvalue weighted by molar-refractivity contribution is 0.0937. The van der Waals surface area contributed by atoms with Crippen LogP contribution in [0.3, 0.4) is 0 Å². The number of amides is 1. The lowest BCUT2D eigenvalue weighted by atomic mass is 10.1. The summed E-state index contributed by atoms with van der Waals surface area (Å²) in [6, 6.07) is 5.75. The zero-order chi connectivity index (χ0) is 13.9. The van der Waals surface area contributed by atoms with E-state index in [0.717, 1.165) is 18.2 Å². The van der Waals surface area contributed by atoms with Gasteiger partial charge in [0, 0.05) is 11.6 Å². The minimum atomic E-state index is -0.0452. The Hall–Kier alpha value is -1.97. The molecule has 0 atom stereocenters. The van der Waals surface area contributed by atoms with E-state index in [1.807, 2.05) is 13.0 Å². The second kappa shape index (κ2) is 5.57. The van der Waals surface area contributed by atoms with Gasteiger partial charge in [0.05, 0.1) is 18.3 Å². The molecule has 0 spiro atoms. The fourth-order valence-electron chi connectivity index (χ4n) is 2.78.